The highest BCUT2D eigenvalue weighted by molar-refractivity contribution is 5.97. The molecule has 0 radical (unpaired) electrons. The van der Waals surface area contributed by atoms with Gasteiger partial charge >= 0.3 is 5.97 Å². The Balaban J connectivity index is 1.64. The molecule has 0 aliphatic rings. The molecule has 0 aliphatic carbocycles. The van der Waals surface area contributed by atoms with Crippen LogP contribution in [-0.4, -0.2) is 27.0 Å². The Hall–Kier alpha value is -4.27. The van der Waals surface area contributed by atoms with Gasteiger partial charge in [-0.15, -0.1) is 0 Å². The van der Waals surface area contributed by atoms with Gasteiger partial charge in [0, 0.05) is 17.5 Å². The lowest BCUT2D eigenvalue weighted by molar-refractivity contribution is -0.137. The van der Waals surface area contributed by atoms with Crippen LogP contribution in [0.3, 0.4) is 0 Å². The molecule has 3 aromatic carbocycles. The van der Waals surface area contributed by atoms with Gasteiger partial charge in [0.1, 0.15) is 5.82 Å². The minimum atomic E-state index is -1.02. The van der Waals surface area contributed by atoms with E-state index in [1.807, 2.05) is 0 Å². The Labute approximate surface area is 211 Å². The molecule has 1 amide bonds. The zero-order chi connectivity index (χ0) is 26.5. The zero-order valence-electron chi connectivity index (χ0n) is 20.0. The summed E-state index contributed by atoms with van der Waals surface area (Å²) in [5.41, 5.74) is 3.17. The van der Waals surface area contributed by atoms with Crippen LogP contribution >= 0.6 is 0 Å². The van der Waals surface area contributed by atoms with Gasteiger partial charge in [-0.1, -0.05) is 12.1 Å². The standard InChI is InChI=1S/C28H24F3N3O3/c1-16(17-6-10-20(29)11-7-17)32-28(37)19-9-13-23-25(15-19)33-24(4-2-3-5-26(35)36)27(34-23)18-8-12-21(30)22(31)14-18/h6-16H,2-5H2,1H3,(H,32,37)(H,35,36)/t16-/m1/s1. The van der Waals surface area contributed by atoms with Crippen molar-refractivity contribution in [2.24, 2.45) is 0 Å². The molecule has 4 rings (SSSR count). The number of nitrogens with one attached hydrogen (secondary N) is 1. The third-order valence-corrected chi connectivity index (χ3v) is 5.96. The van der Waals surface area contributed by atoms with Crippen LogP contribution in [0.5, 0.6) is 0 Å². The van der Waals surface area contributed by atoms with Gasteiger partial charge in [-0.2, -0.15) is 0 Å². The molecule has 6 nitrogen and oxygen atoms in total. The van der Waals surface area contributed by atoms with E-state index in [1.165, 1.54) is 18.2 Å². The molecule has 1 heterocycles. The number of nitrogens with zero attached hydrogens (tertiary/aromatic N) is 2. The average molecular weight is 508 g/mol. The Kier molecular flexibility index (Phi) is 7.81. The third kappa shape index (κ3) is 6.30. The predicted octanol–water partition coefficient (Wildman–Crippen LogP) is 6.00. The maximum Gasteiger partial charge on any atom is 0.303 e. The van der Waals surface area contributed by atoms with Crippen molar-refractivity contribution in [1.82, 2.24) is 15.3 Å². The van der Waals surface area contributed by atoms with E-state index < -0.39 is 17.6 Å². The Bertz CT molecular complexity index is 1460. The van der Waals surface area contributed by atoms with Crippen molar-refractivity contribution in [1.29, 1.82) is 0 Å². The van der Waals surface area contributed by atoms with Crippen LogP contribution in [0.2, 0.25) is 0 Å². The summed E-state index contributed by atoms with van der Waals surface area (Å²) in [4.78, 5) is 33.0. The number of benzene rings is 3. The quantitative estimate of drug-likeness (QED) is 0.271. The summed E-state index contributed by atoms with van der Waals surface area (Å²) >= 11 is 0. The second-order valence-corrected chi connectivity index (χ2v) is 8.70. The Morgan fingerprint density at radius 2 is 1.65 bits per heavy atom. The van der Waals surface area contributed by atoms with Gasteiger partial charge in [-0.05, 0) is 80.3 Å². The summed E-state index contributed by atoms with van der Waals surface area (Å²) in [6.07, 6.45) is 1.27. The van der Waals surface area contributed by atoms with Crippen LogP contribution < -0.4 is 5.32 Å². The predicted molar refractivity (Wildman–Crippen MR) is 132 cm³/mol. The molecule has 0 saturated heterocycles. The molecule has 1 atom stereocenters. The number of carboxylic acid groups (broad SMARTS) is 1. The molecule has 0 unspecified atom stereocenters. The first kappa shape index (κ1) is 25.8. The summed E-state index contributed by atoms with van der Waals surface area (Å²) in [5.74, 6) is -3.62. The van der Waals surface area contributed by atoms with Crippen LogP contribution in [-0.2, 0) is 11.2 Å². The fraction of sp³-hybridized carbons (Fsp3) is 0.214. The number of unbranched alkanes of at least 4 members (excludes halogenated alkanes) is 1. The van der Waals surface area contributed by atoms with Gasteiger partial charge in [0.05, 0.1) is 28.5 Å². The number of fused-ring (bicyclic) bond motifs is 1. The second kappa shape index (κ2) is 11.2. The number of carbonyl (C=O) groups excluding carboxylic acids is 1. The number of aryl methyl sites for hydroxylation is 1. The highest BCUT2D eigenvalue weighted by Crippen LogP contribution is 2.27. The Morgan fingerprint density at radius 3 is 2.35 bits per heavy atom. The summed E-state index contributed by atoms with van der Waals surface area (Å²) in [7, 11) is 0. The van der Waals surface area contributed by atoms with E-state index in [0.717, 1.165) is 17.7 Å². The number of carbonyl (C=O) groups is 2. The lowest BCUT2D eigenvalue weighted by Gasteiger charge is -2.15. The molecule has 1 aromatic heterocycles. The van der Waals surface area contributed by atoms with E-state index >= 15 is 0 Å². The molecular formula is C28H24F3N3O3. The number of carboxylic acids is 1. The molecule has 37 heavy (non-hydrogen) atoms. The number of halogens is 3. The van der Waals surface area contributed by atoms with Crippen LogP contribution in [0.4, 0.5) is 13.2 Å². The minimum absolute atomic E-state index is 0.00191. The molecule has 190 valence electrons. The number of rotatable bonds is 9. The van der Waals surface area contributed by atoms with Crippen molar-refractivity contribution in [3.63, 3.8) is 0 Å². The van der Waals surface area contributed by atoms with E-state index in [-0.39, 0.29) is 24.2 Å². The van der Waals surface area contributed by atoms with Gasteiger partial charge in [0.15, 0.2) is 11.6 Å². The summed E-state index contributed by atoms with van der Waals surface area (Å²) in [6, 6.07) is 13.8. The normalized spacial score (nSPS) is 11.9. The van der Waals surface area contributed by atoms with Gasteiger partial charge in [-0.3, -0.25) is 9.59 Å². The Morgan fingerprint density at radius 1 is 0.892 bits per heavy atom. The van der Waals surface area contributed by atoms with Crippen molar-refractivity contribution >= 4 is 22.9 Å². The third-order valence-electron chi connectivity index (χ3n) is 5.96. The van der Waals surface area contributed by atoms with Gasteiger partial charge < -0.3 is 10.4 Å². The largest absolute Gasteiger partial charge is 0.481 e. The lowest BCUT2D eigenvalue weighted by atomic mass is 10.0. The SMILES string of the molecule is C[C@@H](NC(=O)c1ccc2nc(-c3ccc(F)c(F)c3)c(CCCCC(=O)O)nc2c1)c1ccc(F)cc1. The van der Waals surface area contributed by atoms with Crippen LogP contribution in [0.15, 0.2) is 60.7 Å². The molecule has 4 aromatic rings. The van der Waals surface area contributed by atoms with Crippen molar-refractivity contribution in [3.05, 3.63) is 94.9 Å². The monoisotopic (exact) mass is 507 g/mol. The first-order valence-corrected chi connectivity index (χ1v) is 11.8. The number of aromatic nitrogens is 2. The molecule has 0 bridgehead atoms. The lowest BCUT2D eigenvalue weighted by Crippen LogP contribution is -2.26. The van der Waals surface area contributed by atoms with Gasteiger partial charge in [-0.25, -0.2) is 23.1 Å². The number of hydrogen-bond donors (Lipinski definition) is 2. The van der Waals surface area contributed by atoms with Crippen molar-refractivity contribution < 1.29 is 27.9 Å². The summed E-state index contributed by atoms with van der Waals surface area (Å²) < 4.78 is 40.7. The topological polar surface area (TPSA) is 92.2 Å². The van der Waals surface area contributed by atoms with Crippen molar-refractivity contribution in [3.8, 4) is 11.3 Å². The van der Waals surface area contributed by atoms with Crippen LogP contribution in [0.25, 0.3) is 22.3 Å². The van der Waals surface area contributed by atoms with Crippen molar-refractivity contribution in [2.45, 2.75) is 38.6 Å². The van der Waals surface area contributed by atoms with E-state index in [4.69, 9.17) is 5.11 Å². The first-order valence-electron chi connectivity index (χ1n) is 11.8. The molecule has 9 heteroatoms. The molecule has 0 spiro atoms. The van der Waals surface area contributed by atoms with E-state index in [2.05, 4.69) is 15.3 Å². The smallest absolute Gasteiger partial charge is 0.303 e. The highest BCUT2D eigenvalue weighted by atomic mass is 19.2. The summed E-state index contributed by atoms with van der Waals surface area (Å²) in [5, 5.41) is 11.8. The minimum Gasteiger partial charge on any atom is -0.481 e. The fourth-order valence-corrected chi connectivity index (χ4v) is 3.96. The van der Waals surface area contributed by atoms with E-state index in [9.17, 15) is 22.8 Å². The number of amides is 1. The maximum absolute atomic E-state index is 13.9. The van der Waals surface area contributed by atoms with Crippen LogP contribution in [0.1, 0.15) is 53.8 Å². The molecular weight excluding hydrogens is 483 g/mol. The van der Waals surface area contributed by atoms with Crippen molar-refractivity contribution in [2.75, 3.05) is 0 Å². The van der Waals surface area contributed by atoms with E-state index in [1.54, 1.807) is 37.3 Å². The molecule has 0 saturated carbocycles. The van der Waals surface area contributed by atoms with Gasteiger partial charge in [0.2, 0.25) is 0 Å². The number of hydrogen-bond acceptors (Lipinski definition) is 4. The van der Waals surface area contributed by atoms with Gasteiger partial charge in [0.25, 0.3) is 5.91 Å². The second-order valence-electron chi connectivity index (χ2n) is 8.70. The van der Waals surface area contributed by atoms with Crippen LogP contribution in [0, 0.1) is 17.5 Å². The molecule has 0 aliphatic heterocycles. The average Bonchev–Trinajstić information content (AvgIpc) is 2.87. The van der Waals surface area contributed by atoms with E-state index in [0.29, 0.717) is 52.8 Å². The number of aliphatic carboxylic acids is 1. The molecule has 2 N–H and O–H groups in total. The summed E-state index contributed by atoms with van der Waals surface area (Å²) in [6.45, 7) is 1.79. The maximum atomic E-state index is 13.9. The first-order chi connectivity index (χ1) is 17.7. The fourth-order valence-electron chi connectivity index (χ4n) is 3.96. The zero-order valence-corrected chi connectivity index (χ0v) is 20.0. The highest BCUT2D eigenvalue weighted by Gasteiger charge is 2.16. The molecule has 0 fully saturated rings.